The van der Waals surface area contributed by atoms with E-state index in [9.17, 15) is 13.2 Å². The Labute approximate surface area is 77.2 Å². The van der Waals surface area contributed by atoms with Crippen molar-refractivity contribution >= 4 is 11.0 Å². The first kappa shape index (κ1) is 8.98. The molecule has 0 saturated carbocycles. The van der Waals surface area contributed by atoms with Crippen molar-refractivity contribution in [3.63, 3.8) is 0 Å². The molecule has 0 unspecified atom stereocenters. The third-order valence-electron chi connectivity index (χ3n) is 1.77. The second-order valence-corrected chi connectivity index (χ2v) is 2.86. The van der Waals surface area contributed by atoms with Crippen LogP contribution in [0.4, 0.5) is 13.2 Å². The second kappa shape index (κ2) is 2.97. The van der Waals surface area contributed by atoms with Crippen molar-refractivity contribution in [3.05, 3.63) is 24.8 Å². The van der Waals surface area contributed by atoms with Crippen LogP contribution in [0.15, 0.2) is 24.8 Å². The van der Waals surface area contributed by atoms with E-state index in [1.165, 1.54) is 18.7 Å². The van der Waals surface area contributed by atoms with E-state index in [2.05, 4.69) is 9.97 Å². The monoisotopic (exact) mass is 201 g/mol. The van der Waals surface area contributed by atoms with Crippen LogP contribution in [0.5, 0.6) is 0 Å². The molecule has 3 nitrogen and oxygen atoms in total. The number of nitrogens with zero attached hydrogens (tertiary/aromatic N) is 3. The number of alkyl halides is 3. The first-order chi connectivity index (χ1) is 6.56. The zero-order chi connectivity index (χ0) is 10.2. The average molecular weight is 201 g/mol. The van der Waals surface area contributed by atoms with Crippen molar-refractivity contribution in [2.24, 2.45) is 0 Å². The Bertz CT molecular complexity index is 446. The summed E-state index contributed by atoms with van der Waals surface area (Å²) < 4.78 is 37.3. The fourth-order valence-electron chi connectivity index (χ4n) is 1.25. The van der Waals surface area contributed by atoms with Gasteiger partial charge in [0.05, 0.1) is 0 Å². The van der Waals surface area contributed by atoms with Crippen molar-refractivity contribution in [1.29, 1.82) is 0 Å². The molecule has 74 valence electrons. The molecule has 0 bridgehead atoms. The Morgan fingerprint density at radius 2 is 2.14 bits per heavy atom. The summed E-state index contributed by atoms with van der Waals surface area (Å²) in [5.41, 5.74) is 0.303. The predicted octanol–water partition coefficient (Wildman–Crippen LogP) is 1.99. The van der Waals surface area contributed by atoms with Crippen molar-refractivity contribution in [2.45, 2.75) is 12.7 Å². The highest BCUT2D eigenvalue weighted by Gasteiger charge is 2.28. The van der Waals surface area contributed by atoms with Crippen LogP contribution in [-0.4, -0.2) is 20.7 Å². The van der Waals surface area contributed by atoms with Gasteiger partial charge in [-0.1, -0.05) is 0 Å². The normalized spacial score (nSPS) is 12.2. The Balaban J connectivity index is 2.44. The van der Waals surface area contributed by atoms with E-state index in [4.69, 9.17) is 0 Å². The zero-order valence-electron chi connectivity index (χ0n) is 6.99. The van der Waals surface area contributed by atoms with Crippen LogP contribution in [-0.2, 0) is 6.54 Å². The Hall–Kier alpha value is -1.59. The summed E-state index contributed by atoms with van der Waals surface area (Å²) in [5.74, 6) is 0. The maximum absolute atomic E-state index is 12.1. The molecule has 0 aliphatic carbocycles. The Morgan fingerprint density at radius 1 is 1.36 bits per heavy atom. The molecule has 2 aromatic rings. The van der Waals surface area contributed by atoms with E-state index in [1.54, 1.807) is 6.07 Å². The smallest absolute Gasteiger partial charge is 0.323 e. The standard InChI is InChI=1S/C8H6F3N3/c9-8(10,11)4-14-2-1-6-3-12-5-13-7(6)14/h1-3,5H,4H2. The van der Waals surface area contributed by atoms with Crippen LogP contribution in [0, 0.1) is 0 Å². The molecule has 0 aliphatic rings. The van der Waals surface area contributed by atoms with Gasteiger partial charge in [0, 0.05) is 17.8 Å². The second-order valence-electron chi connectivity index (χ2n) is 2.86. The van der Waals surface area contributed by atoms with Gasteiger partial charge in [0.25, 0.3) is 0 Å². The molecule has 0 spiro atoms. The molecule has 2 rings (SSSR count). The summed E-state index contributed by atoms with van der Waals surface area (Å²) in [7, 11) is 0. The quantitative estimate of drug-likeness (QED) is 0.706. The van der Waals surface area contributed by atoms with Crippen molar-refractivity contribution in [1.82, 2.24) is 14.5 Å². The lowest BCUT2D eigenvalue weighted by Crippen LogP contribution is -2.17. The molecule has 0 atom stereocenters. The molecule has 6 heteroatoms. The minimum absolute atomic E-state index is 0.303. The SMILES string of the molecule is FC(F)(F)Cn1ccc2cncnc21. The number of aromatic nitrogens is 3. The molecule has 0 saturated heterocycles. The summed E-state index contributed by atoms with van der Waals surface area (Å²) in [5, 5.41) is 0.608. The predicted molar refractivity (Wildman–Crippen MR) is 43.6 cm³/mol. The van der Waals surface area contributed by atoms with Crippen LogP contribution in [0.1, 0.15) is 0 Å². The van der Waals surface area contributed by atoms with Crippen LogP contribution >= 0.6 is 0 Å². The van der Waals surface area contributed by atoms with Crippen LogP contribution in [0.25, 0.3) is 11.0 Å². The van der Waals surface area contributed by atoms with Crippen molar-refractivity contribution in [2.75, 3.05) is 0 Å². The highest BCUT2D eigenvalue weighted by Crippen LogP contribution is 2.20. The van der Waals surface area contributed by atoms with E-state index in [0.29, 0.717) is 11.0 Å². The van der Waals surface area contributed by atoms with Gasteiger partial charge < -0.3 is 4.57 Å². The summed E-state index contributed by atoms with van der Waals surface area (Å²) in [4.78, 5) is 7.49. The first-order valence-corrected chi connectivity index (χ1v) is 3.88. The summed E-state index contributed by atoms with van der Waals surface area (Å²) >= 11 is 0. The van der Waals surface area contributed by atoms with E-state index in [0.717, 1.165) is 4.57 Å². The van der Waals surface area contributed by atoms with E-state index in [1.807, 2.05) is 0 Å². The average Bonchev–Trinajstić information content (AvgIpc) is 2.47. The number of hydrogen-bond donors (Lipinski definition) is 0. The van der Waals surface area contributed by atoms with Crippen LogP contribution in [0.3, 0.4) is 0 Å². The number of fused-ring (bicyclic) bond motifs is 1. The van der Waals surface area contributed by atoms with E-state index < -0.39 is 12.7 Å². The summed E-state index contributed by atoms with van der Waals surface area (Å²) in [6.45, 7) is -1.02. The van der Waals surface area contributed by atoms with Gasteiger partial charge in [0.1, 0.15) is 18.5 Å². The highest BCUT2D eigenvalue weighted by atomic mass is 19.4. The molecule has 0 N–H and O–H groups in total. The minimum atomic E-state index is -4.23. The lowest BCUT2D eigenvalue weighted by molar-refractivity contribution is -0.139. The van der Waals surface area contributed by atoms with E-state index >= 15 is 0 Å². The third kappa shape index (κ3) is 1.68. The van der Waals surface area contributed by atoms with Crippen molar-refractivity contribution < 1.29 is 13.2 Å². The molecule has 0 amide bonds. The molecule has 0 aliphatic heterocycles. The maximum Gasteiger partial charge on any atom is 0.406 e. The summed E-state index contributed by atoms with van der Waals surface area (Å²) in [6, 6.07) is 1.56. The number of rotatable bonds is 1. The van der Waals surface area contributed by atoms with Gasteiger partial charge in [-0.2, -0.15) is 13.2 Å². The van der Waals surface area contributed by atoms with Gasteiger partial charge in [-0.3, -0.25) is 0 Å². The largest absolute Gasteiger partial charge is 0.406 e. The lowest BCUT2D eigenvalue weighted by atomic mass is 10.4. The third-order valence-corrected chi connectivity index (χ3v) is 1.77. The Morgan fingerprint density at radius 3 is 2.86 bits per heavy atom. The van der Waals surface area contributed by atoms with E-state index in [-0.39, 0.29) is 0 Å². The van der Waals surface area contributed by atoms with Gasteiger partial charge in [-0.05, 0) is 6.07 Å². The minimum Gasteiger partial charge on any atom is -0.323 e. The topological polar surface area (TPSA) is 30.7 Å². The van der Waals surface area contributed by atoms with Gasteiger partial charge >= 0.3 is 6.18 Å². The molecule has 0 aromatic carbocycles. The Kier molecular flexibility index (Phi) is 1.90. The maximum atomic E-state index is 12.1. The summed E-state index contributed by atoms with van der Waals surface area (Å²) in [6.07, 6.45) is -0.159. The molecule has 2 aromatic heterocycles. The molecule has 14 heavy (non-hydrogen) atoms. The van der Waals surface area contributed by atoms with Gasteiger partial charge in [0.15, 0.2) is 0 Å². The highest BCUT2D eigenvalue weighted by molar-refractivity contribution is 5.74. The van der Waals surface area contributed by atoms with Gasteiger partial charge in [-0.25, -0.2) is 9.97 Å². The number of hydrogen-bond acceptors (Lipinski definition) is 2. The molecule has 2 heterocycles. The fraction of sp³-hybridized carbons (Fsp3) is 0.250. The van der Waals surface area contributed by atoms with Crippen LogP contribution in [0.2, 0.25) is 0 Å². The first-order valence-electron chi connectivity index (χ1n) is 3.88. The fourth-order valence-corrected chi connectivity index (χ4v) is 1.25. The van der Waals surface area contributed by atoms with Gasteiger partial charge in [-0.15, -0.1) is 0 Å². The van der Waals surface area contributed by atoms with Crippen LogP contribution < -0.4 is 0 Å². The molecular weight excluding hydrogens is 195 g/mol. The number of halogens is 3. The zero-order valence-corrected chi connectivity index (χ0v) is 6.99. The van der Waals surface area contributed by atoms with Crippen molar-refractivity contribution in [3.8, 4) is 0 Å². The lowest BCUT2D eigenvalue weighted by Gasteiger charge is -2.07. The molecule has 0 radical (unpaired) electrons. The van der Waals surface area contributed by atoms with Gasteiger partial charge in [0.2, 0.25) is 0 Å². The molecule has 0 fully saturated rings. The molecular formula is C8H6F3N3.